The summed E-state index contributed by atoms with van der Waals surface area (Å²) >= 11 is 0. The molecule has 23 heteroatoms. The molecule has 2 aromatic carbocycles. The van der Waals surface area contributed by atoms with Crippen LogP contribution in [0.25, 0.3) is 5.76 Å². The normalized spacial score (nSPS) is 38.2. The third-order valence-electron chi connectivity index (χ3n) is 10.6. The Morgan fingerprint density at radius 1 is 0.705 bits per heavy atom. The minimum Gasteiger partial charge on any atom is -0.508 e. The topological polar surface area (TPSA) is 363 Å². The van der Waals surface area contributed by atoms with Crippen molar-refractivity contribution in [3.05, 3.63) is 65.0 Å². The van der Waals surface area contributed by atoms with Gasteiger partial charge in [-0.25, -0.2) is 0 Å². The summed E-state index contributed by atoms with van der Waals surface area (Å²) in [5.74, 6) is -4.71. The van der Waals surface area contributed by atoms with Gasteiger partial charge in [-0.15, -0.1) is 0 Å². The highest BCUT2D eigenvalue weighted by atomic mass is 16.8. The number of Topliss-reactive ketones (excluding diaryl/α,β-unsaturated/α-hetero) is 1. The van der Waals surface area contributed by atoms with E-state index in [9.17, 15) is 71.2 Å². The summed E-state index contributed by atoms with van der Waals surface area (Å²) in [6.07, 6.45) is -28.3. The number of aliphatic hydroxyl groups excluding tert-OH is 10. The zero-order valence-corrected chi connectivity index (χ0v) is 31.9. The van der Waals surface area contributed by atoms with Crippen molar-refractivity contribution in [2.75, 3.05) is 19.8 Å². The van der Waals surface area contributed by atoms with Crippen LogP contribution >= 0.6 is 0 Å². The molecule has 5 heterocycles. The van der Waals surface area contributed by atoms with Gasteiger partial charge in [-0.3, -0.25) is 4.79 Å². The molecule has 16 atom stereocenters. The van der Waals surface area contributed by atoms with Gasteiger partial charge in [-0.1, -0.05) is 0 Å². The van der Waals surface area contributed by atoms with Gasteiger partial charge in [-0.2, -0.15) is 0 Å². The minimum absolute atomic E-state index is 0.0661. The van der Waals surface area contributed by atoms with Crippen LogP contribution in [-0.4, -0.2) is 190 Å². The lowest BCUT2D eigenvalue weighted by Gasteiger charge is -2.45. The number of phenolic OH excluding ortho intramolecular Hbond substituents is 3. The molecule has 23 nitrogen and oxygen atoms in total. The lowest BCUT2D eigenvalue weighted by molar-refractivity contribution is -0.352. The molecule has 0 radical (unpaired) electrons. The number of carbonyl (C=O) groups is 1. The number of aromatic hydroxyl groups is 3. The highest BCUT2D eigenvalue weighted by molar-refractivity contribution is 6.02. The van der Waals surface area contributed by atoms with Gasteiger partial charge in [0.05, 0.1) is 13.2 Å². The number of ketones is 1. The summed E-state index contributed by atoms with van der Waals surface area (Å²) in [6, 6.07) is 7.27. The number of phenols is 3. The van der Waals surface area contributed by atoms with Gasteiger partial charge in [0.1, 0.15) is 96.7 Å². The highest BCUT2D eigenvalue weighted by Crippen LogP contribution is 2.41. The maximum absolute atomic E-state index is 14.1. The van der Waals surface area contributed by atoms with Gasteiger partial charge in [0.2, 0.25) is 23.6 Å². The molecule has 0 spiro atoms. The van der Waals surface area contributed by atoms with Crippen molar-refractivity contribution in [3.8, 4) is 23.0 Å². The van der Waals surface area contributed by atoms with Crippen LogP contribution in [0.4, 0.5) is 0 Å². The van der Waals surface area contributed by atoms with Gasteiger partial charge >= 0.3 is 5.95 Å². The molecule has 3 fully saturated rings. The first-order chi connectivity index (χ1) is 28.9. The molecule has 0 saturated carbocycles. The van der Waals surface area contributed by atoms with Crippen molar-refractivity contribution >= 4 is 11.5 Å². The van der Waals surface area contributed by atoms with Crippen LogP contribution in [0.1, 0.15) is 18.1 Å². The van der Waals surface area contributed by atoms with E-state index in [-0.39, 0.29) is 28.4 Å². The number of carbonyl (C=O) groups excluding carboxylic acids is 1. The number of hydrogen-bond acceptors (Lipinski definition) is 23. The summed E-state index contributed by atoms with van der Waals surface area (Å²) in [5, 5.41) is 137. The summed E-state index contributed by atoms with van der Waals surface area (Å²) in [4.78, 5) is 14.1. The van der Waals surface area contributed by atoms with E-state index in [2.05, 4.69) is 0 Å². The lowest BCUT2D eigenvalue weighted by Crippen LogP contribution is -2.63. The van der Waals surface area contributed by atoms with Crippen molar-refractivity contribution in [2.45, 2.75) is 112 Å². The number of ether oxygens (including phenoxy) is 9. The fourth-order valence-electron chi connectivity index (χ4n) is 7.06. The number of hydrogen-bond donors (Lipinski definition) is 13. The molecule has 5 aliphatic rings. The Bertz CT molecular complexity index is 1960. The summed E-state index contributed by atoms with van der Waals surface area (Å²) in [7, 11) is 0. The van der Waals surface area contributed by atoms with Crippen LogP contribution < -0.4 is 4.74 Å². The van der Waals surface area contributed by atoms with E-state index in [0.29, 0.717) is 0 Å². The van der Waals surface area contributed by atoms with Crippen molar-refractivity contribution in [1.29, 1.82) is 0 Å². The summed E-state index contributed by atoms with van der Waals surface area (Å²) in [6.45, 7) is -0.443. The predicted octanol–water partition coefficient (Wildman–Crippen LogP) is -3.69. The third-order valence-corrected chi connectivity index (χ3v) is 10.6. The molecular formula is C38H46O23. The standard InChI is InChI=1S/C38H46O23/c1-12-23(45)33(60-35-28(50)24(46)19(43)9-53-35)30(52)37(56-12)55-11-22-26(48)27(49)34(61-36-29(51)25(47)20(44)10-54-36)38(58-22)59-32-18(42)8-16-17(41)6-15(40)7-21(16)57-31(32)13-2-4-14(39)5-3-13/h2-7,12,19-20,22-29,33-36,38-41,43-52H,8-11H2,1H3/t12?,19-,20-,22?,23+,24?,25?,26+,27?,28?,29?,33?,34?,35+,36+,38+/m1/s1. The van der Waals surface area contributed by atoms with E-state index >= 15 is 0 Å². The molecule has 2 aromatic rings. The highest BCUT2D eigenvalue weighted by Gasteiger charge is 2.52. The average molecular weight is 871 g/mol. The van der Waals surface area contributed by atoms with Crippen LogP contribution in [0.15, 0.2) is 53.9 Å². The van der Waals surface area contributed by atoms with Gasteiger partial charge in [0.15, 0.2) is 30.5 Å². The van der Waals surface area contributed by atoms with E-state index in [0.717, 1.165) is 12.1 Å². The molecule has 0 aromatic heterocycles. The van der Waals surface area contributed by atoms with E-state index < -0.39 is 159 Å². The van der Waals surface area contributed by atoms with Crippen LogP contribution in [-0.2, 0) is 49.1 Å². The van der Waals surface area contributed by atoms with Gasteiger partial charge in [-0.05, 0) is 31.2 Å². The maximum Gasteiger partial charge on any atom is 0.322 e. The molecule has 0 amide bonds. The lowest BCUT2D eigenvalue weighted by atomic mass is 9.98. The number of rotatable bonds is 10. The molecule has 0 aliphatic carbocycles. The predicted molar refractivity (Wildman–Crippen MR) is 193 cm³/mol. The fraction of sp³-hybridized carbons (Fsp3) is 0.553. The first kappa shape index (κ1) is 44.5. The summed E-state index contributed by atoms with van der Waals surface area (Å²) in [5.41, 5.74) is 0.0408. The molecule has 9 unspecified atom stereocenters. The van der Waals surface area contributed by atoms with Crippen LogP contribution in [0.3, 0.4) is 0 Å². The van der Waals surface area contributed by atoms with Crippen molar-refractivity contribution in [1.82, 2.24) is 0 Å². The Morgan fingerprint density at radius 3 is 1.97 bits per heavy atom. The van der Waals surface area contributed by atoms with Crippen LogP contribution in [0.5, 0.6) is 23.0 Å². The second kappa shape index (κ2) is 18.0. The van der Waals surface area contributed by atoms with E-state index in [1.165, 1.54) is 31.2 Å². The van der Waals surface area contributed by atoms with Crippen LogP contribution in [0, 0.1) is 0 Å². The van der Waals surface area contributed by atoms with Gasteiger partial charge < -0.3 is 109 Å². The molecule has 7 rings (SSSR count). The average Bonchev–Trinajstić information content (AvgIpc) is 3.36. The van der Waals surface area contributed by atoms with Crippen molar-refractivity contribution in [3.63, 3.8) is 0 Å². The van der Waals surface area contributed by atoms with E-state index in [1.54, 1.807) is 0 Å². The third kappa shape index (κ3) is 9.02. The van der Waals surface area contributed by atoms with Crippen molar-refractivity contribution < 1.29 is 114 Å². The minimum atomic E-state index is -2.07. The van der Waals surface area contributed by atoms with Gasteiger partial charge in [0, 0.05) is 29.7 Å². The SMILES string of the molecule is CC1OC(OCC2O[C@@H](OC3=C(c4ccc(O)cc4)Oc4cc(O)cc(O)c4CC3=O)C(O[C@@H]3OC[C@@H](O)C(O)C3O)C(O)[C@H]2O)=C(O)C(O[C@@H]2OC[C@@H](O)C(O)C2O)[C@H]1O. The first-order valence-electron chi connectivity index (χ1n) is 18.9. The zero-order chi connectivity index (χ0) is 44.0. The monoisotopic (exact) mass is 870 g/mol. The Hall–Kier alpha value is -4.57. The first-order valence-corrected chi connectivity index (χ1v) is 18.9. The number of fused-ring (bicyclic) bond motifs is 1. The van der Waals surface area contributed by atoms with E-state index in [4.69, 9.17) is 42.6 Å². The molecule has 13 N–H and O–H groups in total. The largest absolute Gasteiger partial charge is 0.508 e. The second-order valence-corrected chi connectivity index (χ2v) is 14.9. The van der Waals surface area contributed by atoms with Gasteiger partial charge in [0.25, 0.3) is 0 Å². The Balaban J connectivity index is 1.20. The van der Waals surface area contributed by atoms with Crippen LogP contribution in [0.2, 0.25) is 0 Å². The quantitative estimate of drug-likeness (QED) is 0.109. The maximum atomic E-state index is 14.1. The molecule has 0 bridgehead atoms. The Labute approximate surface area is 344 Å². The molecule has 3 saturated heterocycles. The molecule has 61 heavy (non-hydrogen) atoms. The number of aliphatic hydroxyl groups is 10. The molecular weight excluding hydrogens is 824 g/mol. The fourth-order valence-corrected chi connectivity index (χ4v) is 7.06. The second-order valence-electron chi connectivity index (χ2n) is 14.9. The number of allylic oxidation sites excluding steroid dienone is 1. The Morgan fingerprint density at radius 2 is 1.33 bits per heavy atom. The molecule has 336 valence electrons. The smallest absolute Gasteiger partial charge is 0.322 e. The Kier molecular flexibility index (Phi) is 13.2. The zero-order valence-electron chi connectivity index (χ0n) is 31.9. The molecule has 5 aliphatic heterocycles. The van der Waals surface area contributed by atoms with Crippen molar-refractivity contribution in [2.24, 2.45) is 0 Å². The summed E-state index contributed by atoms with van der Waals surface area (Å²) < 4.78 is 51.3. The number of benzene rings is 2. The van der Waals surface area contributed by atoms with E-state index in [1.807, 2.05) is 0 Å².